The van der Waals surface area contributed by atoms with Gasteiger partial charge in [0.2, 0.25) is 5.72 Å². The van der Waals surface area contributed by atoms with Gasteiger partial charge >= 0.3 is 6.18 Å². The van der Waals surface area contributed by atoms with Gasteiger partial charge in [0.05, 0.1) is 17.7 Å². The number of nitrogens with zero attached hydrogens (tertiary/aromatic N) is 2. The molecule has 0 aliphatic carbocycles. The Morgan fingerprint density at radius 3 is 2.43 bits per heavy atom. The fourth-order valence-electron chi connectivity index (χ4n) is 4.03. The molecule has 0 radical (unpaired) electrons. The fourth-order valence-corrected chi connectivity index (χ4v) is 4.03. The molecule has 0 aromatic heterocycles. The van der Waals surface area contributed by atoms with E-state index in [9.17, 15) is 18.0 Å². The van der Waals surface area contributed by atoms with Crippen LogP contribution in [0.2, 0.25) is 0 Å². The highest BCUT2D eigenvalue weighted by Gasteiger charge is 2.56. The molecule has 5 rings (SSSR count). The van der Waals surface area contributed by atoms with Crippen LogP contribution in [0.5, 0.6) is 0 Å². The summed E-state index contributed by atoms with van der Waals surface area (Å²) < 4.78 is 39.9. The van der Waals surface area contributed by atoms with Crippen LogP contribution in [0.15, 0.2) is 84.0 Å². The Balaban J connectivity index is 1.64. The molecule has 3 aromatic rings. The first-order valence-corrected chi connectivity index (χ1v) is 9.32. The van der Waals surface area contributed by atoms with Crippen molar-refractivity contribution in [2.75, 3.05) is 4.90 Å². The van der Waals surface area contributed by atoms with Gasteiger partial charge in [-0.2, -0.15) is 13.2 Å². The van der Waals surface area contributed by atoms with Gasteiger partial charge in [0.15, 0.2) is 0 Å². The van der Waals surface area contributed by atoms with Gasteiger partial charge in [-0.3, -0.25) is 9.69 Å². The summed E-state index contributed by atoms with van der Waals surface area (Å²) >= 11 is 0. The lowest BCUT2D eigenvalue weighted by molar-refractivity contribution is -0.137. The van der Waals surface area contributed by atoms with Crippen molar-refractivity contribution < 1.29 is 22.8 Å². The van der Waals surface area contributed by atoms with Gasteiger partial charge in [-0.25, -0.2) is 0 Å². The lowest BCUT2D eigenvalue weighted by atomic mass is 9.93. The molecule has 7 heteroatoms. The Labute approximate surface area is 170 Å². The molecule has 1 atom stereocenters. The van der Waals surface area contributed by atoms with Crippen LogP contribution in [0.1, 0.15) is 33.5 Å². The molecule has 2 heterocycles. The van der Waals surface area contributed by atoms with Crippen molar-refractivity contribution in [3.05, 3.63) is 101 Å². The molecule has 1 spiro atoms. The smallest absolute Gasteiger partial charge is 0.361 e. The first-order chi connectivity index (χ1) is 14.4. The topological polar surface area (TPSA) is 41.9 Å². The lowest BCUT2D eigenvalue weighted by Crippen LogP contribution is -2.44. The van der Waals surface area contributed by atoms with Crippen LogP contribution in [-0.4, -0.2) is 11.6 Å². The maximum Gasteiger partial charge on any atom is 0.416 e. The first kappa shape index (κ1) is 18.4. The summed E-state index contributed by atoms with van der Waals surface area (Å²) in [4.78, 5) is 20.4. The second-order valence-corrected chi connectivity index (χ2v) is 7.19. The quantitative estimate of drug-likeness (QED) is 0.574. The molecule has 0 bridgehead atoms. The van der Waals surface area contributed by atoms with Crippen LogP contribution in [0, 0.1) is 0 Å². The molecule has 0 saturated carbocycles. The number of fused-ring (bicyclic) bond motifs is 2. The van der Waals surface area contributed by atoms with E-state index in [1.54, 1.807) is 24.3 Å². The van der Waals surface area contributed by atoms with E-state index < -0.39 is 23.4 Å². The number of carbonyl (C=O) groups excluding carboxylic acids is 1. The number of hydrogen-bond acceptors (Lipinski definition) is 3. The van der Waals surface area contributed by atoms with E-state index in [1.807, 2.05) is 30.3 Å². The molecule has 0 fully saturated rings. The Kier molecular flexibility index (Phi) is 3.96. The summed E-state index contributed by atoms with van der Waals surface area (Å²) in [6.45, 7) is 0. The van der Waals surface area contributed by atoms with Gasteiger partial charge in [0.1, 0.15) is 0 Å². The van der Waals surface area contributed by atoms with Gasteiger partial charge in [0.25, 0.3) is 5.91 Å². The van der Waals surface area contributed by atoms with E-state index in [0.29, 0.717) is 16.8 Å². The molecule has 1 amide bonds. The maximum atomic E-state index is 13.3. The van der Waals surface area contributed by atoms with Gasteiger partial charge < -0.3 is 4.84 Å². The molecule has 0 saturated heterocycles. The number of amides is 1. The largest absolute Gasteiger partial charge is 0.416 e. The Morgan fingerprint density at radius 1 is 0.933 bits per heavy atom. The minimum Gasteiger partial charge on any atom is -0.361 e. The third-order valence-corrected chi connectivity index (χ3v) is 5.40. The molecule has 3 aromatic carbocycles. The first-order valence-electron chi connectivity index (χ1n) is 9.32. The fraction of sp³-hybridized carbons (Fsp3) is 0.130. The van der Waals surface area contributed by atoms with Gasteiger partial charge in [-0.1, -0.05) is 59.8 Å². The maximum absolute atomic E-state index is 13.3. The molecule has 2 aliphatic heterocycles. The second-order valence-electron chi connectivity index (χ2n) is 7.19. The molecule has 2 aliphatic rings. The minimum atomic E-state index is -4.53. The van der Waals surface area contributed by atoms with Crippen molar-refractivity contribution in [1.82, 2.24) is 0 Å². The zero-order chi connectivity index (χ0) is 20.9. The normalized spacial score (nSPS) is 20.3. The number of benzene rings is 3. The Morgan fingerprint density at radius 2 is 1.67 bits per heavy atom. The Bertz CT molecular complexity index is 1170. The highest BCUT2D eigenvalue weighted by atomic mass is 19.4. The molecule has 1 unspecified atom stereocenters. The highest BCUT2D eigenvalue weighted by Crippen LogP contribution is 2.49. The van der Waals surface area contributed by atoms with Crippen LogP contribution < -0.4 is 4.90 Å². The second kappa shape index (κ2) is 6.45. The van der Waals surface area contributed by atoms with E-state index >= 15 is 0 Å². The zero-order valence-electron chi connectivity index (χ0n) is 15.6. The standard InChI is InChI=1S/C23H15F3N2O2/c24-23(25,26)16-9-6-10-17(13-16)28-21(29)18-11-4-5-12-19(18)22(28)14-20(27-30-22)15-7-2-1-3-8-15/h1-13H,14H2. The van der Waals surface area contributed by atoms with Crippen molar-refractivity contribution in [2.45, 2.75) is 18.3 Å². The van der Waals surface area contributed by atoms with E-state index in [-0.39, 0.29) is 12.1 Å². The molecular formula is C23H15F3N2O2. The van der Waals surface area contributed by atoms with Gasteiger partial charge in [0, 0.05) is 16.8 Å². The van der Waals surface area contributed by atoms with E-state index in [0.717, 1.165) is 17.7 Å². The number of oxime groups is 1. The molecule has 150 valence electrons. The third kappa shape index (κ3) is 2.69. The summed E-state index contributed by atoms with van der Waals surface area (Å²) in [5.41, 5.74) is 0.369. The number of alkyl halides is 3. The SMILES string of the molecule is O=C1c2ccccc2C2(CC(c3ccccc3)=NO2)N1c1cccc(C(F)(F)F)c1. The van der Waals surface area contributed by atoms with Crippen LogP contribution in [0.4, 0.5) is 18.9 Å². The summed E-state index contributed by atoms with van der Waals surface area (Å²) in [5, 5.41) is 4.22. The molecular weight excluding hydrogens is 393 g/mol. The number of carbonyl (C=O) groups is 1. The van der Waals surface area contributed by atoms with Crippen molar-refractivity contribution in [2.24, 2.45) is 5.16 Å². The molecule has 0 N–H and O–H groups in total. The van der Waals surface area contributed by atoms with Crippen LogP contribution >= 0.6 is 0 Å². The highest BCUT2D eigenvalue weighted by molar-refractivity contribution is 6.14. The summed E-state index contributed by atoms with van der Waals surface area (Å²) in [5.74, 6) is -0.422. The predicted molar refractivity (Wildman–Crippen MR) is 105 cm³/mol. The number of rotatable bonds is 2. The van der Waals surface area contributed by atoms with E-state index in [4.69, 9.17) is 4.84 Å². The monoisotopic (exact) mass is 408 g/mol. The van der Waals surface area contributed by atoms with Gasteiger partial charge in [-0.15, -0.1) is 0 Å². The predicted octanol–water partition coefficient (Wildman–Crippen LogP) is 5.34. The van der Waals surface area contributed by atoms with Crippen molar-refractivity contribution in [1.29, 1.82) is 0 Å². The van der Waals surface area contributed by atoms with Crippen LogP contribution in [-0.2, 0) is 16.7 Å². The third-order valence-electron chi connectivity index (χ3n) is 5.40. The number of hydrogen-bond donors (Lipinski definition) is 0. The molecule has 4 nitrogen and oxygen atoms in total. The lowest BCUT2D eigenvalue weighted by Gasteiger charge is -2.33. The van der Waals surface area contributed by atoms with E-state index in [1.165, 1.54) is 17.0 Å². The van der Waals surface area contributed by atoms with Crippen molar-refractivity contribution in [3.63, 3.8) is 0 Å². The number of halogens is 3. The van der Waals surface area contributed by atoms with Crippen LogP contribution in [0.3, 0.4) is 0 Å². The average molecular weight is 408 g/mol. The minimum absolute atomic E-state index is 0.107. The molecule has 30 heavy (non-hydrogen) atoms. The summed E-state index contributed by atoms with van der Waals surface area (Å²) in [6.07, 6.45) is -4.31. The average Bonchev–Trinajstić information content (AvgIpc) is 3.29. The number of anilines is 1. The zero-order valence-corrected chi connectivity index (χ0v) is 15.6. The van der Waals surface area contributed by atoms with E-state index in [2.05, 4.69) is 5.16 Å². The Hall–Kier alpha value is -3.61. The van der Waals surface area contributed by atoms with Crippen molar-refractivity contribution >= 4 is 17.3 Å². The summed E-state index contributed by atoms with van der Waals surface area (Å²) in [6, 6.07) is 20.9. The van der Waals surface area contributed by atoms with Crippen LogP contribution in [0.25, 0.3) is 0 Å². The van der Waals surface area contributed by atoms with Gasteiger partial charge in [-0.05, 0) is 29.8 Å². The summed E-state index contributed by atoms with van der Waals surface area (Å²) in [7, 11) is 0. The van der Waals surface area contributed by atoms with Crippen molar-refractivity contribution in [3.8, 4) is 0 Å².